The molecule has 0 aliphatic rings. The standard InChI is InChI=1S/C13H24FNO3.Na/c1-15(11-13(17)18)12(16)9-7-5-3-2-4-6-8-10-14;/h2-11H2,1H3,(H,17,18);/q;+1/p-1. The summed E-state index contributed by atoms with van der Waals surface area (Å²) in [7, 11) is 1.47. The van der Waals surface area contributed by atoms with Crippen LogP contribution in [-0.2, 0) is 9.59 Å². The van der Waals surface area contributed by atoms with Gasteiger partial charge in [-0.05, 0) is 12.8 Å². The number of carbonyl (C=O) groups is 2. The van der Waals surface area contributed by atoms with Gasteiger partial charge in [-0.25, -0.2) is 0 Å². The number of carboxylic acids is 1. The fraction of sp³-hybridized carbons (Fsp3) is 0.846. The normalized spacial score (nSPS) is 9.79. The van der Waals surface area contributed by atoms with Gasteiger partial charge in [0.15, 0.2) is 0 Å². The summed E-state index contributed by atoms with van der Waals surface area (Å²) in [6, 6.07) is 0. The van der Waals surface area contributed by atoms with Gasteiger partial charge in [0.05, 0.1) is 19.2 Å². The van der Waals surface area contributed by atoms with Gasteiger partial charge in [0.1, 0.15) is 0 Å². The quantitative estimate of drug-likeness (QED) is 0.335. The van der Waals surface area contributed by atoms with Crippen molar-refractivity contribution in [1.29, 1.82) is 0 Å². The van der Waals surface area contributed by atoms with Crippen molar-refractivity contribution < 1.29 is 48.6 Å². The fourth-order valence-electron chi connectivity index (χ4n) is 1.73. The molecule has 0 aromatic heterocycles. The first-order valence-electron chi connectivity index (χ1n) is 6.57. The van der Waals surface area contributed by atoms with Gasteiger partial charge in [-0.15, -0.1) is 0 Å². The summed E-state index contributed by atoms with van der Waals surface area (Å²) in [6.45, 7) is -0.582. The van der Waals surface area contributed by atoms with E-state index in [1.807, 2.05) is 0 Å². The minimum Gasteiger partial charge on any atom is -0.548 e. The maximum Gasteiger partial charge on any atom is 1.00 e. The molecule has 0 aromatic rings. The van der Waals surface area contributed by atoms with E-state index in [2.05, 4.69) is 0 Å². The van der Waals surface area contributed by atoms with E-state index in [1.165, 1.54) is 11.9 Å². The van der Waals surface area contributed by atoms with Crippen molar-refractivity contribution in [3.8, 4) is 0 Å². The number of carbonyl (C=O) groups excluding carboxylic acids is 2. The summed E-state index contributed by atoms with van der Waals surface area (Å²) in [6.07, 6.45) is 6.86. The number of hydrogen-bond donors (Lipinski definition) is 0. The van der Waals surface area contributed by atoms with Crippen molar-refractivity contribution in [2.75, 3.05) is 20.3 Å². The van der Waals surface area contributed by atoms with Crippen molar-refractivity contribution in [2.24, 2.45) is 0 Å². The summed E-state index contributed by atoms with van der Waals surface area (Å²) >= 11 is 0. The van der Waals surface area contributed by atoms with E-state index >= 15 is 0 Å². The molecule has 0 saturated heterocycles. The minimum absolute atomic E-state index is 0. The van der Waals surface area contributed by atoms with Crippen molar-refractivity contribution in [3.05, 3.63) is 0 Å². The third-order valence-corrected chi connectivity index (χ3v) is 2.82. The second kappa shape index (κ2) is 14.3. The van der Waals surface area contributed by atoms with Crippen LogP contribution in [0.3, 0.4) is 0 Å². The number of nitrogens with zero attached hydrogens (tertiary/aromatic N) is 1. The number of carboxylic acid groups (broad SMARTS) is 1. The largest absolute Gasteiger partial charge is 1.00 e. The number of aliphatic carboxylic acids is 1. The molecule has 0 atom stereocenters. The van der Waals surface area contributed by atoms with Gasteiger partial charge in [-0.1, -0.05) is 32.1 Å². The average Bonchev–Trinajstić information content (AvgIpc) is 2.31. The molecule has 0 radical (unpaired) electrons. The first-order chi connectivity index (χ1) is 8.57. The molecule has 0 rings (SSSR count). The predicted molar refractivity (Wildman–Crippen MR) is 65.6 cm³/mol. The molecule has 0 heterocycles. The van der Waals surface area contributed by atoms with E-state index in [-0.39, 0.29) is 48.7 Å². The van der Waals surface area contributed by atoms with Gasteiger partial charge in [-0.2, -0.15) is 0 Å². The van der Waals surface area contributed by atoms with Crippen LogP contribution in [0.5, 0.6) is 0 Å². The Bertz CT molecular complexity index is 252. The molecule has 0 spiro atoms. The number of rotatable bonds is 11. The van der Waals surface area contributed by atoms with Crippen LogP contribution >= 0.6 is 0 Å². The molecular weight excluding hydrogens is 260 g/mol. The first kappa shape index (κ1) is 21.2. The van der Waals surface area contributed by atoms with Gasteiger partial charge >= 0.3 is 29.6 Å². The zero-order valence-electron chi connectivity index (χ0n) is 12.1. The second-order valence-electron chi connectivity index (χ2n) is 4.54. The van der Waals surface area contributed by atoms with Crippen LogP contribution in [0.25, 0.3) is 0 Å². The Morgan fingerprint density at radius 2 is 1.47 bits per heavy atom. The molecule has 19 heavy (non-hydrogen) atoms. The number of likely N-dealkylation sites (N-methyl/N-ethyl adjacent to an activating group) is 1. The van der Waals surface area contributed by atoms with Crippen LogP contribution in [0.2, 0.25) is 0 Å². The molecule has 0 N–H and O–H groups in total. The topological polar surface area (TPSA) is 60.4 Å². The molecule has 0 aromatic carbocycles. The summed E-state index contributed by atoms with van der Waals surface area (Å²) in [4.78, 5) is 22.9. The molecule has 0 saturated carbocycles. The number of halogens is 1. The van der Waals surface area contributed by atoms with Crippen LogP contribution in [-0.4, -0.2) is 37.0 Å². The molecule has 0 fully saturated rings. The smallest absolute Gasteiger partial charge is 0.548 e. The van der Waals surface area contributed by atoms with Gasteiger partial charge in [0, 0.05) is 13.5 Å². The summed E-state index contributed by atoms with van der Waals surface area (Å²) in [5.41, 5.74) is 0. The Hall–Kier alpha value is -0.130. The fourth-order valence-corrected chi connectivity index (χ4v) is 1.73. The molecule has 0 aliphatic heterocycles. The monoisotopic (exact) mass is 283 g/mol. The van der Waals surface area contributed by atoms with E-state index < -0.39 is 5.97 Å². The molecule has 106 valence electrons. The number of hydrogen-bond acceptors (Lipinski definition) is 3. The predicted octanol–water partition coefficient (Wildman–Crippen LogP) is -1.71. The summed E-state index contributed by atoms with van der Waals surface area (Å²) < 4.78 is 11.8. The maximum absolute atomic E-state index is 11.8. The van der Waals surface area contributed by atoms with E-state index in [4.69, 9.17) is 0 Å². The third-order valence-electron chi connectivity index (χ3n) is 2.82. The summed E-state index contributed by atoms with van der Waals surface area (Å²) in [5, 5.41) is 10.3. The summed E-state index contributed by atoms with van der Waals surface area (Å²) in [5.74, 6) is -1.39. The number of amides is 1. The van der Waals surface area contributed by atoms with E-state index in [1.54, 1.807) is 0 Å². The average molecular weight is 283 g/mol. The van der Waals surface area contributed by atoms with Crippen molar-refractivity contribution in [1.82, 2.24) is 4.90 Å². The molecular formula is C13H23FNNaO3. The Labute approximate surface area is 137 Å². The molecule has 4 nitrogen and oxygen atoms in total. The maximum atomic E-state index is 11.8. The second-order valence-corrected chi connectivity index (χ2v) is 4.54. The Balaban J connectivity index is 0. The first-order valence-corrected chi connectivity index (χ1v) is 6.57. The molecule has 6 heteroatoms. The Morgan fingerprint density at radius 1 is 1.00 bits per heavy atom. The number of alkyl halides is 1. The van der Waals surface area contributed by atoms with Crippen molar-refractivity contribution in [3.63, 3.8) is 0 Å². The molecule has 1 amide bonds. The van der Waals surface area contributed by atoms with Gasteiger partial charge in [-0.3, -0.25) is 9.18 Å². The van der Waals surface area contributed by atoms with E-state index in [9.17, 15) is 19.1 Å². The zero-order valence-corrected chi connectivity index (χ0v) is 14.1. The number of unbranched alkanes of at least 4 members (excludes halogenated alkanes) is 6. The van der Waals surface area contributed by atoms with Gasteiger partial charge in [0.25, 0.3) is 0 Å². The van der Waals surface area contributed by atoms with Crippen LogP contribution in [0.1, 0.15) is 51.4 Å². The van der Waals surface area contributed by atoms with Crippen LogP contribution in [0.4, 0.5) is 4.39 Å². The van der Waals surface area contributed by atoms with Crippen LogP contribution in [0.15, 0.2) is 0 Å². The van der Waals surface area contributed by atoms with E-state index in [0.717, 1.165) is 38.5 Å². The molecule has 0 aliphatic carbocycles. The third kappa shape index (κ3) is 14.1. The SMILES string of the molecule is CN(CC(=O)[O-])C(=O)CCCCCCCCCF.[Na+]. The van der Waals surface area contributed by atoms with E-state index in [0.29, 0.717) is 12.8 Å². The molecule has 0 bridgehead atoms. The van der Waals surface area contributed by atoms with Crippen molar-refractivity contribution >= 4 is 11.9 Å². The van der Waals surface area contributed by atoms with Gasteiger partial charge < -0.3 is 14.8 Å². The minimum atomic E-state index is -1.24. The molecule has 0 unspecified atom stereocenters. The zero-order chi connectivity index (χ0) is 13.8. The van der Waals surface area contributed by atoms with Crippen LogP contribution in [0, 0.1) is 0 Å². The van der Waals surface area contributed by atoms with Crippen molar-refractivity contribution in [2.45, 2.75) is 51.4 Å². The van der Waals surface area contributed by atoms with Crippen LogP contribution < -0.4 is 34.7 Å². The Kier molecular flexibility index (Phi) is 15.9. The van der Waals surface area contributed by atoms with Gasteiger partial charge in [0.2, 0.25) is 5.91 Å². The Morgan fingerprint density at radius 3 is 1.95 bits per heavy atom.